The normalized spacial score (nSPS) is 18.2. The number of ether oxygens (including phenoxy) is 1. The third-order valence-corrected chi connectivity index (χ3v) is 4.97. The van der Waals surface area contributed by atoms with Crippen LogP contribution in [-0.2, 0) is 9.68 Å². The smallest absolute Gasteiger partial charge is 0.430 e. The summed E-state index contributed by atoms with van der Waals surface area (Å²) in [5.74, 6) is 0.730. The summed E-state index contributed by atoms with van der Waals surface area (Å²) in [5, 5.41) is 4.38. The maximum atomic E-state index is 12.1. The molecule has 0 aromatic heterocycles. The molecule has 2 aromatic carbocycles. The number of hydroxylamine groups is 3. The lowest BCUT2D eigenvalue weighted by molar-refractivity contribution is -0.153. The molecule has 4 rings (SSSR count). The number of amides is 1. The maximum Gasteiger partial charge on any atom is 0.430 e. The minimum atomic E-state index is -0.507. The van der Waals surface area contributed by atoms with Crippen LogP contribution in [0.4, 0.5) is 10.5 Å². The van der Waals surface area contributed by atoms with E-state index in [4.69, 9.17) is 14.4 Å². The van der Waals surface area contributed by atoms with Gasteiger partial charge in [-0.05, 0) is 48.7 Å². The summed E-state index contributed by atoms with van der Waals surface area (Å²) in [7, 11) is 1.60. The van der Waals surface area contributed by atoms with Crippen molar-refractivity contribution in [3.05, 3.63) is 66.2 Å². The van der Waals surface area contributed by atoms with Crippen LogP contribution in [0.2, 0.25) is 0 Å². The average molecular weight is 381 g/mol. The van der Waals surface area contributed by atoms with Crippen molar-refractivity contribution in [2.75, 3.05) is 25.5 Å². The second-order valence-electron chi connectivity index (χ2n) is 6.85. The van der Waals surface area contributed by atoms with E-state index >= 15 is 0 Å². The highest BCUT2D eigenvalue weighted by Crippen LogP contribution is 2.34. The molecule has 1 fully saturated rings. The number of nitrogens with one attached hydrogen (secondary N) is 2. The zero-order valence-corrected chi connectivity index (χ0v) is 15.7. The summed E-state index contributed by atoms with van der Waals surface area (Å²) in [6.45, 7) is 1.19. The lowest BCUT2D eigenvalue weighted by atomic mass is 9.91. The lowest BCUT2D eigenvalue weighted by Crippen LogP contribution is -2.45. The topological polar surface area (TPSA) is 72.1 Å². The SMILES string of the molecule is COc1ccc(NC(=O)ON2CCC3(C=C(c4ccccc4)NO3)CC2)cc1. The van der Waals surface area contributed by atoms with Crippen molar-refractivity contribution in [1.82, 2.24) is 10.5 Å². The molecule has 146 valence electrons. The molecule has 2 aliphatic rings. The van der Waals surface area contributed by atoms with Crippen LogP contribution in [-0.4, -0.2) is 37.0 Å². The van der Waals surface area contributed by atoms with Gasteiger partial charge >= 0.3 is 6.09 Å². The van der Waals surface area contributed by atoms with Crippen molar-refractivity contribution in [1.29, 1.82) is 0 Å². The summed E-state index contributed by atoms with van der Waals surface area (Å²) in [6.07, 6.45) is 3.09. The van der Waals surface area contributed by atoms with Crippen LogP contribution in [0.3, 0.4) is 0 Å². The largest absolute Gasteiger partial charge is 0.497 e. The summed E-state index contributed by atoms with van der Waals surface area (Å²) in [4.78, 5) is 23.4. The Bertz CT molecular complexity index is 844. The fourth-order valence-electron chi connectivity index (χ4n) is 3.37. The number of rotatable bonds is 4. The van der Waals surface area contributed by atoms with Gasteiger partial charge in [-0.25, -0.2) is 4.79 Å². The van der Waals surface area contributed by atoms with Gasteiger partial charge in [0.25, 0.3) is 0 Å². The summed E-state index contributed by atoms with van der Waals surface area (Å²) in [6, 6.07) is 17.2. The molecular formula is C21H23N3O4. The van der Waals surface area contributed by atoms with Crippen LogP contribution in [0, 0.1) is 0 Å². The first kappa shape index (κ1) is 18.3. The monoisotopic (exact) mass is 381 g/mol. The first-order valence-electron chi connectivity index (χ1n) is 9.26. The van der Waals surface area contributed by atoms with Crippen LogP contribution in [0.25, 0.3) is 5.70 Å². The molecule has 28 heavy (non-hydrogen) atoms. The van der Waals surface area contributed by atoms with Crippen molar-refractivity contribution >= 4 is 17.5 Å². The van der Waals surface area contributed by atoms with E-state index in [0.717, 1.165) is 29.9 Å². The third kappa shape index (κ3) is 4.11. The molecule has 2 N–H and O–H groups in total. The van der Waals surface area contributed by atoms with E-state index in [2.05, 4.69) is 16.9 Å². The summed E-state index contributed by atoms with van der Waals surface area (Å²) in [5.41, 5.74) is 5.40. The standard InChI is InChI=1S/C21H23N3O4/c1-26-18-9-7-17(8-10-18)22-20(25)27-24-13-11-21(12-14-24)15-19(23-28-21)16-5-3-2-4-6-16/h2-10,15,23H,11-14H2,1H3,(H,22,25). The van der Waals surface area contributed by atoms with Crippen LogP contribution in [0.15, 0.2) is 60.7 Å². The lowest BCUT2D eigenvalue weighted by Gasteiger charge is -2.35. The molecular weight excluding hydrogens is 358 g/mol. The Labute approximate surface area is 163 Å². The number of anilines is 1. The van der Waals surface area contributed by atoms with E-state index in [9.17, 15) is 4.79 Å². The molecule has 1 amide bonds. The Morgan fingerprint density at radius 1 is 1.11 bits per heavy atom. The van der Waals surface area contributed by atoms with Gasteiger partial charge in [0.15, 0.2) is 0 Å². The number of piperidine rings is 1. The van der Waals surface area contributed by atoms with Crippen molar-refractivity contribution in [2.45, 2.75) is 18.4 Å². The highest BCUT2D eigenvalue weighted by atomic mass is 16.7. The first-order valence-corrected chi connectivity index (χ1v) is 9.26. The Balaban J connectivity index is 1.29. The Kier molecular flexibility index (Phi) is 5.18. The van der Waals surface area contributed by atoms with Crippen LogP contribution >= 0.6 is 0 Å². The average Bonchev–Trinajstić information content (AvgIpc) is 3.15. The second kappa shape index (κ2) is 7.92. The second-order valence-corrected chi connectivity index (χ2v) is 6.85. The zero-order valence-electron chi connectivity index (χ0n) is 15.7. The fraction of sp³-hybridized carbons (Fsp3) is 0.286. The molecule has 1 spiro atoms. The van der Waals surface area contributed by atoms with Crippen molar-refractivity contribution in [2.24, 2.45) is 0 Å². The van der Waals surface area contributed by atoms with E-state index in [1.54, 1.807) is 36.4 Å². The molecule has 7 heteroatoms. The van der Waals surface area contributed by atoms with Crippen molar-refractivity contribution < 1.29 is 19.2 Å². The number of carbonyl (C=O) groups is 1. The van der Waals surface area contributed by atoms with Crippen LogP contribution in [0.5, 0.6) is 5.75 Å². The molecule has 0 atom stereocenters. The molecule has 0 saturated carbocycles. The minimum absolute atomic E-state index is 0.364. The molecule has 0 radical (unpaired) electrons. The van der Waals surface area contributed by atoms with Gasteiger partial charge in [-0.1, -0.05) is 30.3 Å². The molecule has 1 saturated heterocycles. The van der Waals surface area contributed by atoms with Gasteiger partial charge in [-0.3, -0.25) is 15.6 Å². The predicted octanol–water partition coefficient (Wildman–Crippen LogP) is 3.57. The van der Waals surface area contributed by atoms with Gasteiger partial charge in [-0.15, -0.1) is 5.06 Å². The molecule has 7 nitrogen and oxygen atoms in total. The van der Waals surface area contributed by atoms with E-state index in [1.165, 1.54) is 0 Å². The van der Waals surface area contributed by atoms with Gasteiger partial charge in [0.05, 0.1) is 12.8 Å². The minimum Gasteiger partial charge on any atom is -0.497 e. The molecule has 2 heterocycles. The number of methoxy groups -OCH3 is 1. The Morgan fingerprint density at radius 3 is 2.50 bits per heavy atom. The van der Waals surface area contributed by atoms with E-state index in [0.29, 0.717) is 18.8 Å². The quantitative estimate of drug-likeness (QED) is 0.844. The predicted molar refractivity (Wildman–Crippen MR) is 105 cm³/mol. The number of carbonyl (C=O) groups excluding carboxylic acids is 1. The number of nitrogens with zero attached hydrogens (tertiary/aromatic N) is 1. The Hall–Kier alpha value is -3.03. The molecule has 0 bridgehead atoms. The van der Waals surface area contributed by atoms with Crippen LogP contribution in [0.1, 0.15) is 18.4 Å². The highest BCUT2D eigenvalue weighted by Gasteiger charge is 2.39. The van der Waals surface area contributed by atoms with Gasteiger partial charge in [0, 0.05) is 18.8 Å². The number of hydrogen-bond donors (Lipinski definition) is 2. The van der Waals surface area contributed by atoms with Crippen molar-refractivity contribution in [3.8, 4) is 5.75 Å². The molecule has 0 unspecified atom stereocenters. The fourth-order valence-corrected chi connectivity index (χ4v) is 3.37. The summed E-state index contributed by atoms with van der Waals surface area (Å²) < 4.78 is 5.10. The van der Waals surface area contributed by atoms with E-state index in [1.807, 2.05) is 30.3 Å². The van der Waals surface area contributed by atoms with E-state index in [-0.39, 0.29) is 5.60 Å². The Morgan fingerprint density at radius 2 is 1.82 bits per heavy atom. The third-order valence-electron chi connectivity index (χ3n) is 4.97. The van der Waals surface area contributed by atoms with Crippen molar-refractivity contribution in [3.63, 3.8) is 0 Å². The maximum absolute atomic E-state index is 12.1. The van der Waals surface area contributed by atoms with Gasteiger partial charge in [-0.2, -0.15) is 0 Å². The summed E-state index contributed by atoms with van der Waals surface area (Å²) >= 11 is 0. The zero-order chi connectivity index (χ0) is 19.4. The molecule has 2 aromatic rings. The van der Waals surface area contributed by atoms with E-state index < -0.39 is 6.09 Å². The molecule has 2 aliphatic heterocycles. The number of hydrogen-bond acceptors (Lipinski definition) is 6. The first-order chi connectivity index (χ1) is 13.7. The van der Waals surface area contributed by atoms with Gasteiger partial charge in [0.1, 0.15) is 11.4 Å². The molecule has 0 aliphatic carbocycles. The van der Waals surface area contributed by atoms with Crippen LogP contribution < -0.4 is 15.5 Å². The number of benzene rings is 2. The highest BCUT2D eigenvalue weighted by molar-refractivity contribution is 5.84. The van der Waals surface area contributed by atoms with Gasteiger partial charge in [0.2, 0.25) is 0 Å². The van der Waals surface area contributed by atoms with Gasteiger partial charge < -0.3 is 9.57 Å².